The van der Waals surface area contributed by atoms with Gasteiger partial charge in [0.1, 0.15) is 0 Å². The number of benzene rings is 2. The molecule has 0 saturated heterocycles. The Balaban J connectivity index is -0.000000130. The summed E-state index contributed by atoms with van der Waals surface area (Å²) in [6.45, 7) is 31.1. The summed E-state index contributed by atoms with van der Waals surface area (Å²) < 4.78 is 0. The number of aryl methyl sites for hydroxylation is 2. The summed E-state index contributed by atoms with van der Waals surface area (Å²) >= 11 is 0. The van der Waals surface area contributed by atoms with Crippen molar-refractivity contribution in [3.05, 3.63) is 118 Å². The maximum absolute atomic E-state index is 3.60. The van der Waals surface area contributed by atoms with Crippen molar-refractivity contribution >= 4 is 21.5 Å². The summed E-state index contributed by atoms with van der Waals surface area (Å²) in [7, 11) is 0. The molecule has 0 fully saturated rings. The molecule has 0 saturated carbocycles. The van der Waals surface area contributed by atoms with E-state index in [1.165, 1.54) is 58.4 Å². The molecule has 0 spiro atoms. The third-order valence-electron chi connectivity index (χ3n) is 4.94. The fraction of sp³-hybridized carbons (Fsp3) is 0.410. The van der Waals surface area contributed by atoms with Gasteiger partial charge in [-0.2, -0.15) is 51.7 Å². The molecule has 0 aliphatic heterocycles. The molecule has 4 aromatic rings. The van der Waals surface area contributed by atoms with Crippen LogP contribution in [0.15, 0.2) is 72.8 Å². The van der Waals surface area contributed by atoms with Gasteiger partial charge in [-0.15, -0.1) is 81.2 Å². The van der Waals surface area contributed by atoms with E-state index in [-0.39, 0.29) is 52.4 Å². The maximum Gasteiger partial charge on any atom is 4.00 e. The molecule has 4 rings (SSSR count). The van der Waals surface area contributed by atoms with E-state index in [1.807, 2.05) is 20.3 Å². The van der Waals surface area contributed by atoms with Crippen molar-refractivity contribution < 1.29 is 52.4 Å². The Bertz CT molecular complexity index is 815. The van der Waals surface area contributed by atoms with Gasteiger partial charge in [0.15, 0.2) is 0 Å². The van der Waals surface area contributed by atoms with E-state index in [9.17, 15) is 0 Å². The molecule has 4 aromatic carbocycles. The van der Waals surface area contributed by atoms with Crippen LogP contribution in [0, 0.1) is 48.0 Å². The first kappa shape index (κ1) is 50.1. The fourth-order valence-corrected chi connectivity index (χ4v) is 2.61. The third-order valence-corrected chi connectivity index (χ3v) is 4.94. The quantitative estimate of drug-likeness (QED) is 0.185. The van der Waals surface area contributed by atoms with E-state index in [0.717, 1.165) is 25.7 Å². The van der Waals surface area contributed by atoms with Gasteiger partial charge >= 0.3 is 52.4 Å². The summed E-state index contributed by atoms with van der Waals surface area (Å²) in [5.41, 5.74) is 2.70. The zero-order valence-corrected chi connectivity index (χ0v) is 32.9. The van der Waals surface area contributed by atoms with Crippen LogP contribution in [-0.2, 0) is 52.4 Å². The molecule has 0 nitrogen and oxygen atoms in total. The number of unbranched alkanes of at least 4 members (excludes halogenated alkanes) is 4. The largest absolute Gasteiger partial charge is 4.00 e. The van der Waals surface area contributed by atoms with Crippen molar-refractivity contribution in [3.63, 3.8) is 0 Å². The van der Waals surface area contributed by atoms with Crippen LogP contribution in [0.2, 0.25) is 0 Å². The van der Waals surface area contributed by atoms with E-state index >= 15 is 0 Å². The second-order valence-corrected chi connectivity index (χ2v) is 9.31. The molecular formula is C39H61Zr2. The Labute approximate surface area is 296 Å². The fourth-order valence-electron chi connectivity index (χ4n) is 2.61. The van der Waals surface area contributed by atoms with Crippen LogP contribution in [0.4, 0.5) is 0 Å². The van der Waals surface area contributed by atoms with E-state index in [1.54, 1.807) is 0 Å². The molecule has 0 amide bonds. The topological polar surface area (TPSA) is 0 Å². The molecular weight excluding hydrogens is 651 g/mol. The van der Waals surface area contributed by atoms with Gasteiger partial charge in [-0.1, -0.05) is 79.4 Å². The summed E-state index contributed by atoms with van der Waals surface area (Å²) in [6.07, 6.45) is 11.1. The van der Waals surface area contributed by atoms with Gasteiger partial charge < -0.3 is 34.1 Å². The van der Waals surface area contributed by atoms with Crippen molar-refractivity contribution in [3.8, 4) is 0 Å². The number of rotatable bonds is 4. The Morgan fingerprint density at radius 2 is 0.780 bits per heavy atom. The zero-order chi connectivity index (χ0) is 30.3. The second kappa shape index (κ2) is 39.4. The Hall–Kier alpha value is -0.574. The first-order valence-corrected chi connectivity index (χ1v) is 14.9. The Kier molecular flexibility index (Phi) is 48.1. The van der Waals surface area contributed by atoms with E-state index in [2.05, 4.69) is 142 Å². The predicted octanol–water partition coefficient (Wildman–Crippen LogP) is 13.4. The van der Waals surface area contributed by atoms with Crippen molar-refractivity contribution in [1.29, 1.82) is 0 Å². The van der Waals surface area contributed by atoms with Gasteiger partial charge in [-0.25, -0.2) is 0 Å². The van der Waals surface area contributed by atoms with Crippen LogP contribution in [0.3, 0.4) is 0 Å². The smallest absolute Gasteiger partial charge is 0.343 e. The molecule has 2 heteroatoms. The normalized spacial score (nSPS) is 8.49. The van der Waals surface area contributed by atoms with E-state index in [4.69, 9.17) is 0 Å². The Morgan fingerprint density at radius 3 is 0.976 bits per heavy atom. The first-order valence-electron chi connectivity index (χ1n) is 14.9. The standard InChI is InChI=1S/2C10H9.4C4H9.C3H7.2Zr/c2*1-8-6-9-4-2-3-5-10(9)7-8;4*1-3-4-2;1-3-2;;/h2*2-7H,1H3;4*1,3-4H2,2H3;3H,1-2H3;;/q7*-1;+3;+4. The molecule has 0 aromatic heterocycles. The van der Waals surface area contributed by atoms with Gasteiger partial charge in [0.05, 0.1) is 0 Å². The molecule has 0 bridgehead atoms. The number of hydrogen-bond donors (Lipinski definition) is 0. The third kappa shape index (κ3) is 32.2. The van der Waals surface area contributed by atoms with Crippen LogP contribution in [0.25, 0.3) is 21.5 Å². The summed E-state index contributed by atoms with van der Waals surface area (Å²) in [5, 5.41) is 5.39. The van der Waals surface area contributed by atoms with E-state index < -0.39 is 0 Å². The molecule has 0 unspecified atom stereocenters. The SMILES string of the molecule is C[CH-]C.Cc1cc2ccccc2[cH-]1.Cc1cc2ccccc2[cH-]1.[CH2-]CCC.[CH2-]CCC.[CH2-]CCC.[CH2-]CCC.[Zr+3].[Zr+4]. The minimum absolute atomic E-state index is 0. The minimum Gasteiger partial charge on any atom is -0.343 e. The maximum atomic E-state index is 3.60. The van der Waals surface area contributed by atoms with Crippen LogP contribution in [0.5, 0.6) is 0 Å². The van der Waals surface area contributed by atoms with Crippen LogP contribution in [0.1, 0.15) is 104 Å². The van der Waals surface area contributed by atoms with Gasteiger partial charge in [0.25, 0.3) is 0 Å². The zero-order valence-electron chi connectivity index (χ0n) is 28.0. The Morgan fingerprint density at radius 1 is 0.561 bits per heavy atom. The average molecular weight is 712 g/mol. The molecule has 225 valence electrons. The number of fused-ring (bicyclic) bond motifs is 2. The molecule has 0 aliphatic rings. The molecule has 41 heavy (non-hydrogen) atoms. The summed E-state index contributed by atoms with van der Waals surface area (Å²) in [4.78, 5) is 0. The summed E-state index contributed by atoms with van der Waals surface area (Å²) in [5.74, 6) is 0. The van der Waals surface area contributed by atoms with Gasteiger partial charge in [-0.3, -0.25) is 0 Å². The molecule has 0 aliphatic carbocycles. The molecule has 0 heterocycles. The van der Waals surface area contributed by atoms with Crippen molar-refractivity contribution in [1.82, 2.24) is 0 Å². The monoisotopic (exact) mass is 709 g/mol. The predicted molar refractivity (Wildman–Crippen MR) is 185 cm³/mol. The number of hydrogen-bond acceptors (Lipinski definition) is 0. The van der Waals surface area contributed by atoms with Crippen molar-refractivity contribution in [2.75, 3.05) is 0 Å². The van der Waals surface area contributed by atoms with Crippen LogP contribution < -0.4 is 0 Å². The van der Waals surface area contributed by atoms with Gasteiger partial charge in [0, 0.05) is 0 Å². The average Bonchev–Trinajstić information content (AvgIpc) is 3.54. The molecule has 1 radical (unpaired) electrons. The summed E-state index contributed by atoms with van der Waals surface area (Å²) in [6, 6.07) is 25.7. The first-order chi connectivity index (χ1) is 18.8. The van der Waals surface area contributed by atoms with Crippen LogP contribution >= 0.6 is 0 Å². The molecule has 0 N–H and O–H groups in total. The van der Waals surface area contributed by atoms with E-state index in [0.29, 0.717) is 0 Å². The van der Waals surface area contributed by atoms with Crippen LogP contribution in [-0.4, -0.2) is 0 Å². The van der Waals surface area contributed by atoms with Crippen molar-refractivity contribution in [2.24, 2.45) is 0 Å². The second-order valence-electron chi connectivity index (χ2n) is 9.31. The van der Waals surface area contributed by atoms with Crippen molar-refractivity contribution in [2.45, 2.75) is 107 Å². The minimum atomic E-state index is 0. The molecule has 0 atom stereocenters. The van der Waals surface area contributed by atoms with Gasteiger partial charge in [-0.05, 0) is 0 Å². The van der Waals surface area contributed by atoms with Gasteiger partial charge in [0.2, 0.25) is 0 Å².